The first kappa shape index (κ1) is 18.3. The fraction of sp³-hybridized carbons (Fsp3) is 0.143. The maximum atomic E-state index is 12.9. The van der Waals surface area contributed by atoms with Crippen LogP contribution in [0, 0.1) is 0 Å². The SMILES string of the molecule is C=CCN1C(=O)C(Nc2ccc(OC)cc2)=C(c2ccc(OC)cc2)C1=O. The summed E-state index contributed by atoms with van der Waals surface area (Å²) in [5.74, 6) is 0.623. The number of nitrogens with zero attached hydrogens (tertiary/aromatic N) is 1. The standard InChI is InChI=1S/C21H20N2O4/c1-4-13-23-20(24)18(14-5-9-16(26-2)10-6-14)19(21(23)25)22-15-7-11-17(27-3)12-8-15/h4-12,22H,1,13H2,2-3H3. The Morgan fingerprint density at radius 1 is 0.926 bits per heavy atom. The van der Waals surface area contributed by atoms with E-state index in [9.17, 15) is 9.59 Å². The van der Waals surface area contributed by atoms with Gasteiger partial charge in [-0.1, -0.05) is 18.2 Å². The normalized spacial score (nSPS) is 13.8. The number of carbonyl (C=O) groups excluding carboxylic acids is 2. The first-order valence-corrected chi connectivity index (χ1v) is 8.36. The van der Waals surface area contributed by atoms with Crippen molar-refractivity contribution in [1.82, 2.24) is 4.90 Å². The summed E-state index contributed by atoms with van der Waals surface area (Å²) in [5, 5.41) is 3.08. The third-order valence-electron chi connectivity index (χ3n) is 4.22. The van der Waals surface area contributed by atoms with Crippen LogP contribution in [0.25, 0.3) is 5.57 Å². The number of imide groups is 1. The second-order valence-corrected chi connectivity index (χ2v) is 5.84. The zero-order valence-electron chi connectivity index (χ0n) is 15.2. The summed E-state index contributed by atoms with van der Waals surface area (Å²) in [4.78, 5) is 26.9. The van der Waals surface area contributed by atoms with Crippen LogP contribution in [0.5, 0.6) is 11.5 Å². The summed E-state index contributed by atoms with van der Waals surface area (Å²) in [6.45, 7) is 3.77. The predicted octanol–water partition coefficient (Wildman–Crippen LogP) is 3.08. The van der Waals surface area contributed by atoms with Crippen LogP contribution in [0.2, 0.25) is 0 Å². The number of hydrogen-bond acceptors (Lipinski definition) is 5. The molecule has 0 saturated heterocycles. The van der Waals surface area contributed by atoms with Gasteiger partial charge in [-0.15, -0.1) is 6.58 Å². The van der Waals surface area contributed by atoms with Crippen molar-refractivity contribution in [3.63, 3.8) is 0 Å². The van der Waals surface area contributed by atoms with E-state index in [4.69, 9.17) is 9.47 Å². The summed E-state index contributed by atoms with van der Waals surface area (Å²) < 4.78 is 10.3. The molecule has 1 heterocycles. The Morgan fingerprint density at radius 2 is 1.48 bits per heavy atom. The van der Waals surface area contributed by atoms with E-state index in [-0.39, 0.29) is 24.1 Å². The van der Waals surface area contributed by atoms with Gasteiger partial charge in [0.15, 0.2) is 0 Å². The van der Waals surface area contributed by atoms with Crippen molar-refractivity contribution >= 4 is 23.1 Å². The molecule has 0 aromatic heterocycles. The summed E-state index contributed by atoms with van der Waals surface area (Å²) in [6.07, 6.45) is 1.53. The molecular formula is C21H20N2O4. The van der Waals surface area contributed by atoms with Crippen LogP contribution in [0.3, 0.4) is 0 Å². The van der Waals surface area contributed by atoms with Crippen molar-refractivity contribution < 1.29 is 19.1 Å². The molecule has 2 aromatic carbocycles. The molecule has 0 bridgehead atoms. The molecule has 0 fully saturated rings. The lowest BCUT2D eigenvalue weighted by atomic mass is 10.0. The number of benzene rings is 2. The lowest BCUT2D eigenvalue weighted by Crippen LogP contribution is -2.32. The highest BCUT2D eigenvalue weighted by atomic mass is 16.5. The van der Waals surface area contributed by atoms with Gasteiger partial charge in [0.25, 0.3) is 11.8 Å². The molecule has 0 unspecified atom stereocenters. The number of nitrogens with one attached hydrogen (secondary N) is 1. The summed E-state index contributed by atoms with van der Waals surface area (Å²) >= 11 is 0. The molecule has 1 aliphatic rings. The molecule has 6 nitrogen and oxygen atoms in total. The largest absolute Gasteiger partial charge is 0.497 e. The highest BCUT2D eigenvalue weighted by Crippen LogP contribution is 2.31. The summed E-state index contributed by atoms with van der Waals surface area (Å²) in [7, 11) is 3.15. The molecule has 0 saturated carbocycles. The average molecular weight is 364 g/mol. The van der Waals surface area contributed by atoms with Gasteiger partial charge in [-0.3, -0.25) is 14.5 Å². The van der Waals surface area contributed by atoms with Crippen molar-refractivity contribution in [3.05, 3.63) is 72.4 Å². The van der Waals surface area contributed by atoms with Gasteiger partial charge in [0.1, 0.15) is 17.2 Å². The molecular weight excluding hydrogens is 344 g/mol. The molecule has 0 atom stereocenters. The first-order chi connectivity index (χ1) is 13.1. The highest BCUT2D eigenvalue weighted by Gasteiger charge is 2.38. The van der Waals surface area contributed by atoms with Gasteiger partial charge in [-0.25, -0.2) is 0 Å². The van der Waals surface area contributed by atoms with Gasteiger partial charge in [-0.2, -0.15) is 0 Å². The predicted molar refractivity (Wildman–Crippen MR) is 103 cm³/mol. The van der Waals surface area contributed by atoms with Gasteiger partial charge in [-0.05, 0) is 42.0 Å². The summed E-state index contributed by atoms with van der Waals surface area (Å²) in [5.41, 5.74) is 1.87. The van der Waals surface area contributed by atoms with Gasteiger partial charge >= 0.3 is 0 Å². The first-order valence-electron chi connectivity index (χ1n) is 8.36. The quantitative estimate of drug-likeness (QED) is 0.604. The van der Waals surface area contributed by atoms with E-state index in [1.165, 1.54) is 11.0 Å². The van der Waals surface area contributed by atoms with E-state index in [1.54, 1.807) is 62.8 Å². The second-order valence-electron chi connectivity index (χ2n) is 5.84. The van der Waals surface area contributed by atoms with Crippen molar-refractivity contribution in [1.29, 1.82) is 0 Å². The van der Waals surface area contributed by atoms with E-state index < -0.39 is 0 Å². The lowest BCUT2D eigenvalue weighted by molar-refractivity contribution is -0.136. The van der Waals surface area contributed by atoms with Gasteiger partial charge in [0.05, 0.1) is 19.8 Å². The van der Waals surface area contributed by atoms with Gasteiger partial charge in [0.2, 0.25) is 0 Å². The molecule has 0 spiro atoms. The van der Waals surface area contributed by atoms with E-state index in [0.29, 0.717) is 28.3 Å². The van der Waals surface area contributed by atoms with Crippen molar-refractivity contribution in [2.45, 2.75) is 0 Å². The fourth-order valence-electron chi connectivity index (χ4n) is 2.83. The third kappa shape index (κ3) is 3.55. The number of carbonyl (C=O) groups is 2. The minimum Gasteiger partial charge on any atom is -0.497 e. The number of hydrogen-bond donors (Lipinski definition) is 1. The Morgan fingerprint density at radius 3 is 2.00 bits per heavy atom. The molecule has 1 aliphatic heterocycles. The molecule has 3 rings (SSSR count). The van der Waals surface area contributed by atoms with Crippen LogP contribution in [0.4, 0.5) is 5.69 Å². The topological polar surface area (TPSA) is 67.9 Å². The molecule has 138 valence electrons. The lowest BCUT2D eigenvalue weighted by Gasteiger charge is -2.12. The van der Waals surface area contributed by atoms with Crippen LogP contribution >= 0.6 is 0 Å². The zero-order chi connectivity index (χ0) is 19.4. The van der Waals surface area contributed by atoms with Crippen LogP contribution in [0.1, 0.15) is 5.56 Å². The molecule has 0 aliphatic carbocycles. The summed E-state index contributed by atoms with van der Waals surface area (Å²) in [6, 6.07) is 14.1. The molecule has 2 amide bonds. The maximum absolute atomic E-state index is 12.9. The Labute approximate surface area is 157 Å². The average Bonchev–Trinajstić information content (AvgIpc) is 2.93. The molecule has 0 radical (unpaired) electrons. The Kier molecular flexibility index (Phi) is 5.26. The van der Waals surface area contributed by atoms with E-state index >= 15 is 0 Å². The van der Waals surface area contributed by atoms with Crippen LogP contribution in [0.15, 0.2) is 66.9 Å². The number of methoxy groups -OCH3 is 2. The van der Waals surface area contributed by atoms with Gasteiger partial charge in [0, 0.05) is 12.2 Å². The van der Waals surface area contributed by atoms with Gasteiger partial charge < -0.3 is 14.8 Å². The smallest absolute Gasteiger partial charge is 0.278 e. The Hall–Kier alpha value is -3.54. The van der Waals surface area contributed by atoms with E-state index in [0.717, 1.165) is 0 Å². The second kappa shape index (κ2) is 7.78. The monoisotopic (exact) mass is 364 g/mol. The zero-order valence-corrected chi connectivity index (χ0v) is 15.2. The number of rotatable bonds is 7. The molecule has 2 aromatic rings. The molecule has 27 heavy (non-hydrogen) atoms. The number of amides is 2. The number of anilines is 1. The minimum absolute atomic E-state index is 0.144. The third-order valence-corrected chi connectivity index (χ3v) is 4.22. The van der Waals surface area contributed by atoms with Crippen molar-refractivity contribution in [3.8, 4) is 11.5 Å². The van der Waals surface area contributed by atoms with Crippen LogP contribution < -0.4 is 14.8 Å². The fourth-order valence-corrected chi connectivity index (χ4v) is 2.83. The highest BCUT2D eigenvalue weighted by molar-refractivity contribution is 6.36. The van der Waals surface area contributed by atoms with E-state index in [2.05, 4.69) is 11.9 Å². The van der Waals surface area contributed by atoms with E-state index in [1.807, 2.05) is 0 Å². The van der Waals surface area contributed by atoms with Crippen molar-refractivity contribution in [2.75, 3.05) is 26.1 Å². The minimum atomic E-state index is -0.387. The van der Waals surface area contributed by atoms with Crippen LogP contribution in [-0.2, 0) is 9.59 Å². The molecule has 1 N–H and O–H groups in total. The maximum Gasteiger partial charge on any atom is 0.278 e. The molecule has 6 heteroatoms. The Bertz CT molecular complexity index is 899. The Balaban J connectivity index is 2.03. The van der Waals surface area contributed by atoms with Crippen LogP contribution in [-0.4, -0.2) is 37.5 Å². The van der Waals surface area contributed by atoms with Crippen molar-refractivity contribution in [2.24, 2.45) is 0 Å². The number of ether oxygens (including phenoxy) is 2.